The van der Waals surface area contributed by atoms with Gasteiger partial charge in [-0.3, -0.25) is 18.6 Å². The molecule has 0 aliphatic carbocycles. The fraction of sp³-hybridized carbons (Fsp3) is 0.810. The first kappa shape index (κ1) is 51.2. The van der Waals surface area contributed by atoms with E-state index in [0.29, 0.717) is 12.8 Å². The molecule has 3 N–H and O–H groups in total. The largest absolute Gasteiger partial charge is 0.472 e. The fourth-order valence-corrected chi connectivity index (χ4v) is 6.30. The molecule has 0 heterocycles. The van der Waals surface area contributed by atoms with Crippen LogP contribution in [0, 0.1) is 0 Å². The molecule has 0 aliphatic rings. The van der Waals surface area contributed by atoms with E-state index in [0.717, 1.165) is 64.2 Å². The number of ether oxygens (including phenoxy) is 2. The first-order chi connectivity index (χ1) is 25.7. The van der Waals surface area contributed by atoms with E-state index < -0.39 is 51.8 Å². The highest BCUT2D eigenvalue weighted by atomic mass is 31.2. The van der Waals surface area contributed by atoms with Gasteiger partial charge in [-0.2, -0.15) is 0 Å². The van der Waals surface area contributed by atoms with Gasteiger partial charge in [-0.1, -0.05) is 140 Å². The third kappa shape index (κ3) is 38.3. The zero-order valence-corrected chi connectivity index (χ0v) is 34.4. The van der Waals surface area contributed by atoms with Gasteiger partial charge >= 0.3 is 19.8 Å². The van der Waals surface area contributed by atoms with Crippen molar-refractivity contribution < 1.29 is 47.8 Å². The van der Waals surface area contributed by atoms with E-state index in [1.165, 1.54) is 77.0 Å². The molecule has 0 saturated heterocycles. The zero-order chi connectivity index (χ0) is 39.1. The number of aliphatic hydroxyl groups excluding tert-OH is 2. The average molecular weight is 773 g/mol. The fourth-order valence-electron chi connectivity index (χ4n) is 5.51. The lowest BCUT2D eigenvalue weighted by molar-refractivity contribution is -0.161. The van der Waals surface area contributed by atoms with Crippen molar-refractivity contribution in [2.24, 2.45) is 0 Å². The van der Waals surface area contributed by atoms with Crippen LogP contribution in [-0.4, -0.2) is 65.7 Å². The van der Waals surface area contributed by atoms with Gasteiger partial charge < -0.3 is 24.6 Å². The second-order valence-corrected chi connectivity index (χ2v) is 15.5. The van der Waals surface area contributed by atoms with E-state index in [4.69, 9.17) is 19.1 Å². The van der Waals surface area contributed by atoms with Gasteiger partial charge in [-0.05, 0) is 64.2 Å². The molecule has 310 valence electrons. The molecule has 0 aromatic heterocycles. The van der Waals surface area contributed by atoms with Crippen molar-refractivity contribution in [3.05, 3.63) is 36.5 Å². The lowest BCUT2D eigenvalue weighted by Crippen LogP contribution is -2.29. The molecule has 0 aliphatic heterocycles. The van der Waals surface area contributed by atoms with Crippen LogP contribution in [-0.2, 0) is 32.7 Å². The van der Waals surface area contributed by atoms with Crippen LogP contribution in [0.2, 0.25) is 0 Å². The van der Waals surface area contributed by atoms with Gasteiger partial charge in [0, 0.05) is 12.8 Å². The summed E-state index contributed by atoms with van der Waals surface area (Å²) in [5, 5.41) is 18.3. The van der Waals surface area contributed by atoms with Crippen molar-refractivity contribution in [2.45, 2.75) is 193 Å². The minimum Gasteiger partial charge on any atom is -0.462 e. The molecule has 0 rings (SSSR count). The number of carbonyl (C=O) groups excluding carboxylic acids is 2. The molecule has 3 atom stereocenters. The van der Waals surface area contributed by atoms with Crippen LogP contribution in [0.25, 0.3) is 0 Å². The summed E-state index contributed by atoms with van der Waals surface area (Å²) in [6.07, 6.45) is 38.2. The predicted octanol–water partition coefficient (Wildman–Crippen LogP) is 10.8. The quantitative estimate of drug-likeness (QED) is 0.0181. The van der Waals surface area contributed by atoms with E-state index in [1.807, 2.05) is 0 Å². The molecule has 0 saturated carbocycles. The number of hydrogen-bond donors (Lipinski definition) is 3. The van der Waals surface area contributed by atoms with Crippen molar-refractivity contribution in [1.82, 2.24) is 0 Å². The number of rotatable bonds is 39. The highest BCUT2D eigenvalue weighted by Gasteiger charge is 2.27. The number of unbranched alkanes of at least 4 members (excludes halogenated alkanes) is 20. The van der Waals surface area contributed by atoms with Gasteiger partial charge in [0.05, 0.1) is 19.8 Å². The minimum absolute atomic E-state index is 0.161. The van der Waals surface area contributed by atoms with E-state index in [2.05, 4.69) is 54.8 Å². The van der Waals surface area contributed by atoms with E-state index >= 15 is 0 Å². The first-order valence-electron chi connectivity index (χ1n) is 21.0. The highest BCUT2D eigenvalue weighted by molar-refractivity contribution is 7.47. The Morgan fingerprint density at radius 3 is 1.51 bits per heavy atom. The Morgan fingerprint density at radius 1 is 0.566 bits per heavy atom. The summed E-state index contributed by atoms with van der Waals surface area (Å²) in [6.45, 7) is 2.32. The number of phosphoric ester groups is 1. The van der Waals surface area contributed by atoms with Crippen LogP contribution >= 0.6 is 7.82 Å². The second kappa shape index (κ2) is 38.5. The molecular weight excluding hydrogens is 695 g/mol. The Kier molecular flexibility index (Phi) is 37.2. The molecule has 0 bridgehead atoms. The van der Waals surface area contributed by atoms with E-state index in [9.17, 15) is 24.2 Å². The van der Waals surface area contributed by atoms with Crippen molar-refractivity contribution >= 4 is 19.8 Å². The van der Waals surface area contributed by atoms with Gasteiger partial charge in [0.25, 0.3) is 0 Å². The average Bonchev–Trinajstić information content (AvgIpc) is 3.14. The smallest absolute Gasteiger partial charge is 0.462 e. The predicted molar refractivity (Wildman–Crippen MR) is 214 cm³/mol. The molecule has 0 amide bonds. The lowest BCUT2D eigenvalue weighted by atomic mass is 10.1. The standard InChI is InChI=1S/C42H77O10P/c1-3-5-7-9-11-13-15-17-19-21-23-25-27-29-31-33-41(45)49-37-40(38-51-53(47,48)50-36-39(44)35-43)52-42(46)34-32-30-28-26-24-22-20-18-16-14-12-10-8-6-4-2/h13,15,17,19,22,24,39-40,43-44H,3-12,14,16,18,20-21,23,25-38H2,1-2H3,(H,47,48)/b15-13+,19-17+,24-22+/t39-,40+/m0/s1. The summed E-state index contributed by atoms with van der Waals surface area (Å²) in [6, 6.07) is 0. The van der Waals surface area contributed by atoms with Gasteiger partial charge in [0.2, 0.25) is 0 Å². The Balaban J connectivity index is 4.37. The van der Waals surface area contributed by atoms with Gasteiger partial charge in [0.15, 0.2) is 6.10 Å². The third-order valence-corrected chi connectivity index (χ3v) is 9.75. The number of allylic oxidation sites excluding steroid dienone is 6. The molecule has 0 fully saturated rings. The molecule has 10 nitrogen and oxygen atoms in total. The summed E-state index contributed by atoms with van der Waals surface area (Å²) in [7, 11) is -4.62. The van der Waals surface area contributed by atoms with Crippen molar-refractivity contribution in [2.75, 3.05) is 26.4 Å². The molecule has 1 unspecified atom stereocenters. The monoisotopic (exact) mass is 773 g/mol. The summed E-state index contributed by atoms with van der Waals surface area (Å²) in [5.41, 5.74) is 0. The van der Waals surface area contributed by atoms with Gasteiger partial charge in [-0.15, -0.1) is 0 Å². The Labute approximate surface area is 322 Å². The molecule has 0 radical (unpaired) electrons. The van der Waals surface area contributed by atoms with Gasteiger partial charge in [0.1, 0.15) is 12.7 Å². The number of aliphatic hydroxyl groups is 2. The van der Waals surface area contributed by atoms with E-state index in [1.54, 1.807) is 0 Å². The molecule has 0 aromatic carbocycles. The summed E-state index contributed by atoms with van der Waals surface area (Å²) in [5.74, 6) is -0.960. The summed E-state index contributed by atoms with van der Waals surface area (Å²) < 4.78 is 32.6. The first-order valence-corrected chi connectivity index (χ1v) is 22.5. The Bertz CT molecular complexity index is 983. The number of carbonyl (C=O) groups is 2. The maximum Gasteiger partial charge on any atom is 0.472 e. The molecule has 53 heavy (non-hydrogen) atoms. The molecule has 11 heteroatoms. The van der Waals surface area contributed by atoms with Crippen LogP contribution in [0.15, 0.2) is 36.5 Å². The summed E-state index contributed by atoms with van der Waals surface area (Å²) in [4.78, 5) is 34.9. The number of hydrogen-bond acceptors (Lipinski definition) is 9. The van der Waals surface area contributed by atoms with Crippen molar-refractivity contribution in [3.63, 3.8) is 0 Å². The normalized spacial score (nSPS) is 14.3. The Morgan fingerprint density at radius 2 is 0.981 bits per heavy atom. The Hall–Kier alpha value is -1.81. The van der Waals surface area contributed by atoms with Crippen LogP contribution < -0.4 is 0 Å². The van der Waals surface area contributed by atoms with Crippen LogP contribution in [0.3, 0.4) is 0 Å². The molecular formula is C42H77O10P. The van der Waals surface area contributed by atoms with Gasteiger partial charge in [-0.25, -0.2) is 4.57 Å². The molecule has 0 aromatic rings. The van der Waals surface area contributed by atoms with Crippen LogP contribution in [0.4, 0.5) is 0 Å². The maximum atomic E-state index is 12.6. The van der Waals surface area contributed by atoms with Crippen LogP contribution in [0.1, 0.15) is 181 Å². The summed E-state index contributed by atoms with van der Waals surface area (Å²) >= 11 is 0. The van der Waals surface area contributed by atoms with E-state index in [-0.39, 0.29) is 19.4 Å². The second-order valence-electron chi connectivity index (χ2n) is 14.0. The topological polar surface area (TPSA) is 149 Å². The number of phosphoric acid groups is 1. The van der Waals surface area contributed by atoms with Crippen LogP contribution in [0.5, 0.6) is 0 Å². The third-order valence-electron chi connectivity index (χ3n) is 8.79. The maximum absolute atomic E-state index is 12.6. The highest BCUT2D eigenvalue weighted by Crippen LogP contribution is 2.43. The minimum atomic E-state index is -4.62. The zero-order valence-electron chi connectivity index (χ0n) is 33.5. The van der Waals surface area contributed by atoms with Crippen molar-refractivity contribution in [3.8, 4) is 0 Å². The molecule has 0 spiro atoms. The van der Waals surface area contributed by atoms with Crippen molar-refractivity contribution in [1.29, 1.82) is 0 Å². The lowest BCUT2D eigenvalue weighted by Gasteiger charge is -2.20. The SMILES string of the molecule is CCCCCC/C=C/C=C/CCCCCCCC(=O)OC[C@H](COP(=O)(O)OC[C@@H](O)CO)OC(=O)CCCCC/C=C/CCCCCCCCCC. The number of esters is 2.